The summed E-state index contributed by atoms with van der Waals surface area (Å²) in [6.45, 7) is 1.59. The summed E-state index contributed by atoms with van der Waals surface area (Å²) >= 11 is 0.965. The Labute approximate surface area is 123 Å². The Balaban J connectivity index is 2.55. The predicted molar refractivity (Wildman–Crippen MR) is 74.8 cm³/mol. The molecule has 0 aliphatic rings. The van der Waals surface area contributed by atoms with Gasteiger partial charge in [0.2, 0.25) is 0 Å². The number of carboxylic acids is 1. The minimum absolute atomic E-state index is 0.209. The number of hydrogen-bond acceptors (Lipinski definition) is 5. The molecular weight excluding hydrogens is 299 g/mol. The maximum Gasteiger partial charge on any atom is 0.328 e. The average molecular weight is 312 g/mol. The lowest BCUT2D eigenvalue weighted by atomic mass is 10.2. The lowest BCUT2D eigenvalue weighted by Crippen LogP contribution is -2.18. The van der Waals surface area contributed by atoms with Gasteiger partial charge in [-0.15, -0.1) is 0 Å². The highest BCUT2D eigenvalue weighted by Gasteiger charge is 2.23. The summed E-state index contributed by atoms with van der Waals surface area (Å²) in [5.74, 6) is -2.19. The van der Waals surface area contributed by atoms with Crippen molar-refractivity contribution in [3.05, 3.63) is 24.0 Å². The van der Waals surface area contributed by atoms with E-state index in [2.05, 4.69) is 9.72 Å². The Kier molecular flexibility index (Phi) is 4.46. The van der Waals surface area contributed by atoms with Crippen LogP contribution in [0.4, 0.5) is 4.39 Å². The van der Waals surface area contributed by atoms with Gasteiger partial charge in [0.15, 0.2) is 5.16 Å². The number of methoxy groups -OCH3 is 1. The third-order valence-corrected chi connectivity index (χ3v) is 3.81. The van der Waals surface area contributed by atoms with Crippen LogP contribution in [0.3, 0.4) is 0 Å². The van der Waals surface area contributed by atoms with Crippen LogP contribution in [0, 0.1) is 5.82 Å². The van der Waals surface area contributed by atoms with Crippen molar-refractivity contribution in [3.63, 3.8) is 0 Å². The van der Waals surface area contributed by atoms with Crippen LogP contribution in [-0.4, -0.2) is 39.5 Å². The van der Waals surface area contributed by atoms with Crippen LogP contribution < -0.4 is 0 Å². The van der Waals surface area contributed by atoms with E-state index in [4.69, 9.17) is 5.11 Å². The minimum Gasteiger partial charge on any atom is -0.481 e. The number of hydrogen-bond donors (Lipinski definition) is 1. The molecule has 0 aliphatic carbocycles. The zero-order chi connectivity index (χ0) is 15.6. The van der Waals surface area contributed by atoms with Gasteiger partial charge in [-0.25, -0.2) is 14.2 Å². The second kappa shape index (κ2) is 6.13. The molecule has 1 unspecified atom stereocenters. The number of fused-ring (bicyclic) bond motifs is 1. The first-order chi connectivity index (χ1) is 9.93. The summed E-state index contributed by atoms with van der Waals surface area (Å²) in [5.41, 5.74) is 0.904. The van der Waals surface area contributed by atoms with Gasteiger partial charge >= 0.3 is 11.9 Å². The number of carboxylic acid groups (broad SMARTS) is 1. The van der Waals surface area contributed by atoms with Crippen molar-refractivity contribution in [1.29, 1.82) is 0 Å². The third kappa shape index (κ3) is 3.15. The van der Waals surface area contributed by atoms with E-state index in [0.29, 0.717) is 16.2 Å². The van der Waals surface area contributed by atoms with Gasteiger partial charge < -0.3 is 14.4 Å². The van der Waals surface area contributed by atoms with Gasteiger partial charge in [0.25, 0.3) is 0 Å². The molecule has 0 amide bonds. The number of aromatic nitrogens is 2. The second-order valence-electron chi connectivity index (χ2n) is 4.28. The summed E-state index contributed by atoms with van der Waals surface area (Å²) in [6, 6.07) is 3.26. The van der Waals surface area contributed by atoms with Crippen LogP contribution in [0.15, 0.2) is 23.4 Å². The van der Waals surface area contributed by atoms with Crippen molar-refractivity contribution in [2.45, 2.75) is 18.1 Å². The SMILES string of the molecule is COC(=O)C(C)n1c(SCC(=O)O)nc2ccc(F)cc21. The number of carbonyl (C=O) groups is 2. The highest BCUT2D eigenvalue weighted by atomic mass is 32.2. The molecule has 0 radical (unpaired) electrons. The number of nitrogens with zero attached hydrogens (tertiary/aromatic N) is 2. The van der Waals surface area contributed by atoms with E-state index in [1.54, 1.807) is 6.92 Å². The first-order valence-electron chi connectivity index (χ1n) is 6.04. The fourth-order valence-corrected chi connectivity index (χ4v) is 2.73. The molecule has 1 aromatic carbocycles. The number of thioether (sulfide) groups is 1. The Morgan fingerprint density at radius 1 is 1.52 bits per heavy atom. The van der Waals surface area contributed by atoms with Crippen molar-refractivity contribution >= 4 is 34.7 Å². The van der Waals surface area contributed by atoms with Crippen molar-refractivity contribution in [1.82, 2.24) is 9.55 Å². The number of rotatable bonds is 5. The van der Waals surface area contributed by atoms with Gasteiger partial charge in [0, 0.05) is 0 Å². The molecule has 21 heavy (non-hydrogen) atoms. The highest BCUT2D eigenvalue weighted by Crippen LogP contribution is 2.28. The molecule has 0 saturated carbocycles. The Hall–Kier alpha value is -2.09. The van der Waals surface area contributed by atoms with Crippen molar-refractivity contribution in [2.24, 2.45) is 0 Å². The molecular formula is C13H13FN2O4S. The second-order valence-corrected chi connectivity index (χ2v) is 5.22. The van der Waals surface area contributed by atoms with E-state index >= 15 is 0 Å². The number of esters is 1. The van der Waals surface area contributed by atoms with Gasteiger partial charge in [0.05, 0.1) is 23.9 Å². The molecule has 112 valence electrons. The number of carbonyl (C=O) groups excluding carboxylic acids is 1. The van der Waals surface area contributed by atoms with Crippen LogP contribution in [0.1, 0.15) is 13.0 Å². The zero-order valence-corrected chi connectivity index (χ0v) is 12.2. The number of imidazole rings is 1. The molecule has 1 heterocycles. The molecule has 8 heteroatoms. The average Bonchev–Trinajstić information content (AvgIpc) is 2.80. The summed E-state index contributed by atoms with van der Waals surface area (Å²) in [6.07, 6.45) is 0. The van der Waals surface area contributed by atoms with Crippen LogP contribution in [0.2, 0.25) is 0 Å². The topological polar surface area (TPSA) is 81.4 Å². The molecule has 0 aliphatic heterocycles. The van der Waals surface area contributed by atoms with Gasteiger partial charge in [-0.05, 0) is 25.1 Å². The Bertz CT molecular complexity index is 701. The number of aliphatic carboxylic acids is 1. The van der Waals surface area contributed by atoms with Gasteiger partial charge in [-0.2, -0.15) is 0 Å². The van der Waals surface area contributed by atoms with Crippen LogP contribution in [-0.2, 0) is 14.3 Å². The summed E-state index contributed by atoms with van der Waals surface area (Å²) in [7, 11) is 1.25. The fourth-order valence-electron chi connectivity index (χ4n) is 1.92. The molecule has 2 rings (SSSR count). The number of benzene rings is 1. The Morgan fingerprint density at radius 3 is 2.86 bits per heavy atom. The summed E-state index contributed by atoms with van der Waals surface area (Å²) < 4.78 is 19.6. The first kappa shape index (κ1) is 15.3. The minimum atomic E-state index is -1.00. The molecule has 6 nitrogen and oxygen atoms in total. The molecule has 1 aromatic heterocycles. The molecule has 2 aromatic rings. The van der Waals surface area contributed by atoms with Crippen LogP contribution in [0.5, 0.6) is 0 Å². The van der Waals surface area contributed by atoms with E-state index in [-0.39, 0.29) is 5.75 Å². The predicted octanol–water partition coefficient (Wildman–Crippen LogP) is 2.09. The van der Waals surface area contributed by atoms with Crippen molar-refractivity contribution in [3.8, 4) is 0 Å². The quantitative estimate of drug-likeness (QED) is 0.672. The zero-order valence-electron chi connectivity index (χ0n) is 11.4. The lowest BCUT2D eigenvalue weighted by Gasteiger charge is -2.14. The maximum atomic E-state index is 13.4. The van der Waals surface area contributed by atoms with E-state index < -0.39 is 23.8 Å². The van der Waals surface area contributed by atoms with Gasteiger partial charge in [-0.3, -0.25) is 4.79 Å². The van der Waals surface area contributed by atoms with Gasteiger partial charge in [-0.1, -0.05) is 11.8 Å². The van der Waals surface area contributed by atoms with Crippen LogP contribution >= 0.6 is 11.8 Å². The highest BCUT2D eigenvalue weighted by molar-refractivity contribution is 7.99. The summed E-state index contributed by atoms with van der Waals surface area (Å²) in [5, 5.41) is 9.10. The van der Waals surface area contributed by atoms with E-state index in [1.807, 2.05) is 0 Å². The molecule has 0 spiro atoms. The van der Waals surface area contributed by atoms with E-state index in [1.165, 1.54) is 29.9 Å². The molecule has 0 saturated heterocycles. The third-order valence-electron chi connectivity index (χ3n) is 2.87. The van der Waals surface area contributed by atoms with Crippen molar-refractivity contribution < 1.29 is 23.8 Å². The maximum absolute atomic E-state index is 13.4. The standard InChI is InChI=1S/C13H13FN2O4S/c1-7(12(19)20-2)16-10-5-8(14)3-4-9(10)15-13(16)21-6-11(17)18/h3-5,7H,6H2,1-2H3,(H,17,18). The normalized spacial score (nSPS) is 12.3. The molecule has 0 fully saturated rings. The first-order valence-corrected chi connectivity index (χ1v) is 7.02. The number of ether oxygens (including phenoxy) is 1. The largest absolute Gasteiger partial charge is 0.481 e. The van der Waals surface area contributed by atoms with Crippen LogP contribution in [0.25, 0.3) is 11.0 Å². The molecule has 0 bridgehead atoms. The molecule has 1 N–H and O–H groups in total. The number of halogens is 1. The van der Waals surface area contributed by atoms with Crippen molar-refractivity contribution in [2.75, 3.05) is 12.9 Å². The Morgan fingerprint density at radius 2 is 2.24 bits per heavy atom. The van der Waals surface area contributed by atoms with E-state index in [0.717, 1.165) is 11.8 Å². The smallest absolute Gasteiger partial charge is 0.328 e. The fraction of sp³-hybridized carbons (Fsp3) is 0.308. The lowest BCUT2D eigenvalue weighted by molar-refractivity contribution is -0.144. The molecule has 1 atom stereocenters. The monoisotopic (exact) mass is 312 g/mol. The summed E-state index contributed by atoms with van der Waals surface area (Å²) in [4.78, 5) is 26.7. The van der Waals surface area contributed by atoms with E-state index in [9.17, 15) is 14.0 Å². The van der Waals surface area contributed by atoms with Gasteiger partial charge in [0.1, 0.15) is 11.9 Å².